The first kappa shape index (κ1) is 22.9. The number of carbonyl (C=O) groups excluding carboxylic acids is 1. The van der Waals surface area contributed by atoms with Gasteiger partial charge in [0.05, 0.1) is 6.10 Å². The van der Waals surface area contributed by atoms with Crippen LogP contribution in [0.5, 0.6) is 0 Å². The average Bonchev–Trinajstić information content (AvgIpc) is 2.81. The van der Waals surface area contributed by atoms with Crippen LogP contribution in [0.4, 0.5) is 0 Å². The number of carbonyl (C=O) groups is 1. The monoisotopic (exact) mass is 436 g/mol. The number of piperidine rings is 1. The molecule has 2 N–H and O–H groups in total. The molecule has 1 fully saturated rings. The van der Waals surface area contributed by atoms with Gasteiger partial charge in [-0.3, -0.25) is 14.7 Å². The van der Waals surface area contributed by atoms with Crippen molar-refractivity contribution in [3.63, 3.8) is 0 Å². The van der Waals surface area contributed by atoms with Crippen LogP contribution in [-0.4, -0.2) is 71.7 Å². The van der Waals surface area contributed by atoms with Gasteiger partial charge in [-0.15, -0.1) is 0 Å². The van der Waals surface area contributed by atoms with E-state index >= 15 is 0 Å². The summed E-state index contributed by atoms with van der Waals surface area (Å²) in [7, 11) is 2.19. The van der Waals surface area contributed by atoms with Gasteiger partial charge in [0.25, 0.3) is 5.91 Å². The summed E-state index contributed by atoms with van der Waals surface area (Å²) in [5.74, 6) is 0.569. The van der Waals surface area contributed by atoms with Crippen molar-refractivity contribution in [1.82, 2.24) is 20.1 Å². The minimum Gasteiger partial charge on any atom is -0.390 e. The number of aliphatic hydroxyl groups excluding tert-OH is 1. The van der Waals surface area contributed by atoms with Crippen LogP contribution >= 0.6 is 0 Å². The third-order valence-corrected chi connectivity index (χ3v) is 6.79. The minimum atomic E-state index is -0.589. The van der Waals surface area contributed by atoms with E-state index in [2.05, 4.69) is 51.4 Å². The van der Waals surface area contributed by atoms with E-state index in [-0.39, 0.29) is 12.5 Å². The highest BCUT2D eigenvalue weighted by molar-refractivity contribution is 5.94. The van der Waals surface area contributed by atoms with Crippen molar-refractivity contribution >= 4 is 5.91 Å². The normalized spacial score (nSPS) is 20.5. The van der Waals surface area contributed by atoms with Crippen LogP contribution < -0.4 is 5.32 Å². The van der Waals surface area contributed by atoms with Gasteiger partial charge in [0, 0.05) is 50.2 Å². The largest absolute Gasteiger partial charge is 0.390 e. The molecule has 172 valence electrons. The molecule has 0 saturated carbocycles. The number of β-amino-alcohol motifs (C(OH)–C–C–N with tert-alkyl or cyclic N) is 1. The lowest BCUT2D eigenvalue weighted by molar-refractivity contribution is 0.0841. The molecule has 1 unspecified atom stereocenters. The van der Waals surface area contributed by atoms with Gasteiger partial charge in [0.15, 0.2) is 0 Å². The Hall–Kier alpha value is -2.28. The zero-order valence-corrected chi connectivity index (χ0v) is 19.2. The van der Waals surface area contributed by atoms with E-state index < -0.39 is 6.10 Å². The fourth-order valence-electron chi connectivity index (χ4n) is 5.00. The number of fused-ring (bicyclic) bond motifs is 1. The SMILES string of the molecule is CN1CCCC(CCc2cc(C(=O)NC[C@H](O)CN3CCc4ccccc4C3)ccn2)C1. The average molecular weight is 437 g/mol. The van der Waals surface area contributed by atoms with Crippen LogP contribution in [-0.2, 0) is 19.4 Å². The van der Waals surface area contributed by atoms with Gasteiger partial charge >= 0.3 is 0 Å². The Morgan fingerprint density at radius 1 is 1.25 bits per heavy atom. The molecule has 3 heterocycles. The first-order chi connectivity index (χ1) is 15.6. The molecular formula is C26H36N4O2. The molecule has 1 saturated heterocycles. The predicted octanol–water partition coefficient (Wildman–Crippen LogP) is 2.50. The van der Waals surface area contributed by atoms with Crippen LogP contribution in [0.3, 0.4) is 0 Å². The summed E-state index contributed by atoms with van der Waals surface area (Å²) >= 11 is 0. The maximum absolute atomic E-state index is 12.6. The fraction of sp³-hybridized carbons (Fsp3) is 0.538. The van der Waals surface area contributed by atoms with Crippen LogP contribution in [0.1, 0.15) is 46.4 Å². The standard InChI is InChI=1S/C26H36N4O2/c1-29-13-4-5-20(17-29)8-9-24-15-22(10-12-27-24)26(32)28-16-25(31)19-30-14-11-21-6-2-3-7-23(21)18-30/h2-3,6-7,10,12,15,20,25,31H,4-5,8-9,11,13-14,16-19H2,1H3,(H,28,32)/t20?,25-/m0/s1. The molecule has 2 aliphatic heterocycles. The molecule has 2 aromatic rings. The number of benzene rings is 1. The number of nitrogens with zero attached hydrogens (tertiary/aromatic N) is 3. The molecule has 6 heteroatoms. The van der Waals surface area contributed by atoms with E-state index in [0.29, 0.717) is 18.0 Å². The van der Waals surface area contributed by atoms with E-state index in [0.717, 1.165) is 44.6 Å². The lowest BCUT2D eigenvalue weighted by Crippen LogP contribution is -2.42. The van der Waals surface area contributed by atoms with Crippen LogP contribution in [0.2, 0.25) is 0 Å². The third-order valence-electron chi connectivity index (χ3n) is 6.79. The molecule has 0 radical (unpaired) electrons. The maximum Gasteiger partial charge on any atom is 0.251 e. The number of rotatable bonds is 8. The molecular weight excluding hydrogens is 400 g/mol. The van der Waals surface area contributed by atoms with Gasteiger partial charge in [-0.2, -0.15) is 0 Å². The Morgan fingerprint density at radius 2 is 2.09 bits per heavy atom. The number of hydrogen-bond acceptors (Lipinski definition) is 5. The summed E-state index contributed by atoms with van der Waals surface area (Å²) in [6, 6.07) is 12.1. The molecule has 1 amide bonds. The molecule has 2 atom stereocenters. The van der Waals surface area contributed by atoms with Gasteiger partial charge in [-0.1, -0.05) is 24.3 Å². The molecule has 2 aliphatic rings. The molecule has 1 aromatic heterocycles. The van der Waals surface area contributed by atoms with E-state index in [4.69, 9.17) is 0 Å². The highest BCUT2D eigenvalue weighted by Crippen LogP contribution is 2.21. The maximum atomic E-state index is 12.6. The van der Waals surface area contributed by atoms with Crippen molar-refractivity contribution in [3.05, 3.63) is 65.0 Å². The van der Waals surface area contributed by atoms with Gasteiger partial charge in [-0.05, 0) is 74.9 Å². The number of hydrogen-bond donors (Lipinski definition) is 2. The number of aryl methyl sites for hydroxylation is 1. The topological polar surface area (TPSA) is 68.7 Å². The Bertz CT molecular complexity index is 903. The molecule has 0 bridgehead atoms. The second-order valence-electron chi connectivity index (χ2n) is 9.46. The number of amides is 1. The van der Waals surface area contributed by atoms with Crippen LogP contribution in [0.25, 0.3) is 0 Å². The Balaban J connectivity index is 1.22. The van der Waals surface area contributed by atoms with E-state index in [1.165, 1.54) is 30.5 Å². The quantitative estimate of drug-likeness (QED) is 0.666. The Morgan fingerprint density at radius 3 is 2.94 bits per heavy atom. The molecule has 0 aliphatic carbocycles. The summed E-state index contributed by atoms with van der Waals surface area (Å²) < 4.78 is 0. The van der Waals surface area contributed by atoms with Crippen molar-refractivity contribution in [1.29, 1.82) is 0 Å². The molecule has 4 rings (SSSR count). The summed E-state index contributed by atoms with van der Waals surface area (Å²) in [6.07, 6.45) is 6.70. The van der Waals surface area contributed by atoms with Crippen molar-refractivity contribution in [2.75, 3.05) is 39.8 Å². The summed E-state index contributed by atoms with van der Waals surface area (Å²) in [4.78, 5) is 21.8. The van der Waals surface area contributed by atoms with Gasteiger partial charge in [-0.25, -0.2) is 0 Å². The van der Waals surface area contributed by atoms with Crippen molar-refractivity contribution in [2.24, 2.45) is 5.92 Å². The first-order valence-electron chi connectivity index (χ1n) is 12.0. The lowest BCUT2D eigenvalue weighted by atomic mass is 9.93. The zero-order valence-electron chi connectivity index (χ0n) is 19.2. The van der Waals surface area contributed by atoms with E-state index in [9.17, 15) is 9.90 Å². The summed E-state index contributed by atoms with van der Waals surface area (Å²) in [6.45, 7) is 4.95. The van der Waals surface area contributed by atoms with Crippen LogP contribution in [0.15, 0.2) is 42.6 Å². The first-order valence-corrected chi connectivity index (χ1v) is 12.0. The number of likely N-dealkylation sites (tertiary alicyclic amines) is 1. The van der Waals surface area contributed by atoms with Crippen molar-refractivity contribution in [3.8, 4) is 0 Å². The van der Waals surface area contributed by atoms with Crippen molar-refractivity contribution in [2.45, 2.75) is 44.8 Å². The Labute approximate surface area is 191 Å². The molecule has 6 nitrogen and oxygen atoms in total. The van der Waals surface area contributed by atoms with E-state index in [1.54, 1.807) is 12.3 Å². The predicted molar refractivity (Wildman–Crippen MR) is 127 cm³/mol. The Kier molecular flexibility index (Phi) is 7.90. The van der Waals surface area contributed by atoms with Crippen molar-refractivity contribution < 1.29 is 9.90 Å². The summed E-state index contributed by atoms with van der Waals surface area (Å²) in [5, 5.41) is 13.4. The highest BCUT2D eigenvalue weighted by Gasteiger charge is 2.20. The van der Waals surface area contributed by atoms with Crippen LogP contribution in [0, 0.1) is 5.92 Å². The highest BCUT2D eigenvalue weighted by atomic mass is 16.3. The smallest absolute Gasteiger partial charge is 0.251 e. The van der Waals surface area contributed by atoms with Gasteiger partial charge in [0.2, 0.25) is 0 Å². The number of aromatic nitrogens is 1. The van der Waals surface area contributed by atoms with Gasteiger partial charge < -0.3 is 15.3 Å². The molecule has 0 spiro atoms. The molecule has 32 heavy (non-hydrogen) atoms. The van der Waals surface area contributed by atoms with E-state index in [1.807, 2.05) is 6.07 Å². The number of aliphatic hydroxyl groups is 1. The van der Waals surface area contributed by atoms with Gasteiger partial charge in [0.1, 0.15) is 0 Å². The summed E-state index contributed by atoms with van der Waals surface area (Å²) in [5.41, 5.74) is 4.32. The number of pyridine rings is 1. The third kappa shape index (κ3) is 6.37. The minimum absolute atomic E-state index is 0.144. The fourth-order valence-corrected chi connectivity index (χ4v) is 5.00. The zero-order chi connectivity index (χ0) is 22.3. The lowest BCUT2D eigenvalue weighted by Gasteiger charge is -2.30. The number of nitrogens with one attached hydrogen (secondary N) is 1. The second-order valence-corrected chi connectivity index (χ2v) is 9.46. The molecule has 1 aromatic carbocycles. The second kappa shape index (κ2) is 11.0.